The van der Waals surface area contributed by atoms with Crippen LogP contribution in [0.15, 0.2) is 64.9 Å². The number of aliphatic hydroxyl groups excluding tert-OH is 2. The number of hydrogen-bond acceptors (Lipinski definition) is 11. The highest BCUT2D eigenvalue weighted by Crippen LogP contribution is 2.47. The molecule has 3 aliphatic carbocycles. The van der Waals surface area contributed by atoms with Gasteiger partial charge in [0.15, 0.2) is 11.6 Å². The first-order chi connectivity index (χ1) is 21.0. The van der Waals surface area contributed by atoms with Crippen LogP contribution in [0, 0.1) is 6.92 Å². The summed E-state index contributed by atoms with van der Waals surface area (Å²) in [6.07, 6.45) is -2.22. The van der Waals surface area contributed by atoms with Gasteiger partial charge in [-0.2, -0.15) is 0 Å². The van der Waals surface area contributed by atoms with Crippen molar-refractivity contribution in [1.82, 2.24) is 5.43 Å². The Balaban J connectivity index is 1.54. The Morgan fingerprint density at radius 1 is 0.818 bits per heavy atom. The molecule has 2 unspecified atom stereocenters. The Morgan fingerprint density at radius 3 is 2.20 bits per heavy atom. The van der Waals surface area contributed by atoms with Crippen molar-refractivity contribution in [1.29, 1.82) is 0 Å². The number of hydrazine groups is 1. The number of ether oxygens (including phenoxy) is 1. The van der Waals surface area contributed by atoms with E-state index in [2.05, 4.69) is 5.43 Å². The third-order valence-electron chi connectivity index (χ3n) is 8.41. The number of phenolic OH excluding ortho intramolecular Hbond substituents is 3. The number of para-hydroxylation sites is 1. The van der Waals surface area contributed by atoms with Crippen molar-refractivity contribution in [2.45, 2.75) is 19.1 Å². The molecular formula is C32H22N2O10. The zero-order valence-electron chi connectivity index (χ0n) is 23.0. The molecule has 44 heavy (non-hydrogen) atoms. The standard InChI is InChI=1S/C32H22N2O10/c1-11-16(35)9-15-19(24(11)36)28(40)23-21(25(15)37)29(41)20-18-14(26(38)30(42)22(20)31(23)44-2)8-12-10-33-34(13-6-4-3-5-7-13)32(43)17(12)27(18)39/h3-10,26,30,33,35-36,38-39,42H,1-2H3. The van der Waals surface area contributed by atoms with Gasteiger partial charge in [-0.25, -0.2) is 5.01 Å². The molecular weight excluding hydrogens is 572 g/mol. The quantitative estimate of drug-likeness (QED) is 0.225. The Hall–Kier alpha value is -5.72. The van der Waals surface area contributed by atoms with Gasteiger partial charge in [-0.1, -0.05) is 18.2 Å². The van der Waals surface area contributed by atoms with Gasteiger partial charge in [0.25, 0.3) is 5.91 Å². The van der Waals surface area contributed by atoms with Crippen LogP contribution in [0.1, 0.15) is 48.3 Å². The van der Waals surface area contributed by atoms with Gasteiger partial charge >= 0.3 is 0 Å². The number of amides is 1. The molecule has 12 nitrogen and oxygen atoms in total. The summed E-state index contributed by atoms with van der Waals surface area (Å²) in [7, 11) is 1.12. The molecule has 0 spiro atoms. The predicted octanol–water partition coefficient (Wildman–Crippen LogP) is 0.432. The number of phenols is 3. The fourth-order valence-electron chi connectivity index (χ4n) is 6.27. The van der Waals surface area contributed by atoms with Gasteiger partial charge in [-0.15, -0.1) is 0 Å². The molecule has 1 amide bonds. The first-order valence-electron chi connectivity index (χ1n) is 13.3. The first kappa shape index (κ1) is 27.1. The number of nitrogens with one attached hydrogen (secondary N) is 1. The van der Waals surface area contributed by atoms with E-state index < -0.39 is 86.3 Å². The van der Waals surface area contributed by atoms with E-state index in [9.17, 15) is 44.7 Å². The second-order valence-corrected chi connectivity index (χ2v) is 10.6. The van der Waals surface area contributed by atoms with Gasteiger partial charge in [-0.3, -0.25) is 24.6 Å². The van der Waals surface area contributed by atoms with Crippen molar-refractivity contribution in [2.75, 3.05) is 12.1 Å². The molecule has 6 N–H and O–H groups in total. The number of carbonyl (C=O) groups excluding carboxylic acids is 4. The summed E-state index contributed by atoms with van der Waals surface area (Å²) < 4.78 is 5.49. The Morgan fingerprint density at radius 2 is 1.52 bits per heavy atom. The van der Waals surface area contributed by atoms with E-state index >= 15 is 0 Å². The van der Waals surface area contributed by atoms with E-state index in [0.29, 0.717) is 5.69 Å². The Bertz CT molecular complexity index is 2130. The SMILES string of the molecule is COC1=C2C(=c3c(cc4c(c3O)C(=O)N(c3ccccc3)NC=4)C(O)C2O)C(=O)C2=C1C(=O)c1c(cc(O)c(C)c1O)C2=O. The number of benzene rings is 3. The van der Waals surface area contributed by atoms with E-state index in [-0.39, 0.29) is 32.7 Å². The number of nitrogens with zero attached hydrogens (tertiary/aromatic N) is 1. The van der Waals surface area contributed by atoms with Crippen LogP contribution in [0.25, 0.3) is 11.8 Å². The minimum absolute atomic E-state index is 0.0767. The summed E-state index contributed by atoms with van der Waals surface area (Å²) in [6.45, 7) is 1.33. The van der Waals surface area contributed by atoms with Crippen LogP contribution >= 0.6 is 0 Å². The highest BCUT2D eigenvalue weighted by Gasteiger charge is 2.50. The number of aliphatic hydroxyl groups is 2. The van der Waals surface area contributed by atoms with E-state index in [0.717, 1.165) is 18.2 Å². The van der Waals surface area contributed by atoms with Crippen LogP contribution in [0.4, 0.5) is 5.69 Å². The topological polar surface area (TPSA) is 194 Å². The van der Waals surface area contributed by atoms with Crippen molar-refractivity contribution in [3.05, 3.63) is 103 Å². The van der Waals surface area contributed by atoms with E-state index in [1.165, 1.54) is 19.2 Å². The lowest BCUT2D eigenvalue weighted by molar-refractivity contribution is -0.110. The fraction of sp³-hybridized carbons (Fsp3) is 0.125. The molecule has 2 atom stereocenters. The highest BCUT2D eigenvalue weighted by molar-refractivity contribution is 6.48. The van der Waals surface area contributed by atoms with Gasteiger partial charge in [0.2, 0.25) is 5.78 Å². The molecule has 0 saturated heterocycles. The molecule has 4 aliphatic rings. The number of Topliss-reactive ketones (excluding diaryl/α,β-unsaturated/α-hetero) is 3. The molecule has 0 fully saturated rings. The molecule has 1 aliphatic heterocycles. The van der Waals surface area contributed by atoms with E-state index in [4.69, 9.17) is 4.74 Å². The smallest absolute Gasteiger partial charge is 0.281 e. The highest BCUT2D eigenvalue weighted by atomic mass is 16.5. The number of aromatic hydroxyl groups is 3. The van der Waals surface area contributed by atoms with Gasteiger partial charge in [0.05, 0.1) is 35.1 Å². The molecule has 220 valence electrons. The minimum atomic E-state index is -1.87. The molecule has 7 rings (SSSR count). The van der Waals surface area contributed by atoms with Gasteiger partial charge in [0.1, 0.15) is 35.2 Å². The van der Waals surface area contributed by atoms with Gasteiger partial charge in [-0.05, 0) is 36.8 Å². The molecule has 1 heterocycles. The Kier molecular flexibility index (Phi) is 5.64. The number of rotatable bonds is 2. The van der Waals surface area contributed by atoms with Crippen molar-refractivity contribution in [2.24, 2.45) is 0 Å². The van der Waals surface area contributed by atoms with Crippen LogP contribution in [-0.4, -0.2) is 62.0 Å². The summed E-state index contributed by atoms with van der Waals surface area (Å²) >= 11 is 0. The molecule has 3 aromatic rings. The predicted molar refractivity (Wildman–Crippen MR) is 152 cm³/mol. The second kappa shape index (κ2) is 9.14. The number of carbonyl (C=O) groups is 4. The van der Waals surface area contributed by atoms with Crippen LogP contribution in [0.5, 0.6) is 17.2 Å². The Labute approximate surface area is 247 Å². The number of allylic oxidation sites excluding steroid dienone is 2. The van der Waals surface area contributed by atoms with E-state index in [1.54, 1.807) is 30.3 Å². The van der Waals surface area contributed by atoms with Crippen LogP contribution in [0.3, 0.4) is 0 Å². The number of fused-ring (bicyclic) bond motifs is 4. The number of anilines is 1. The average molecular weight is 595 g/mol. The minimum Gasteiger partial charge on any atom is -0.508 e. The molecule has 12 heteroatoms. The van der Waals surface area contributed by atoms with Crippen molar-refractivity contribution >= 4 is 40.7 Å². The average Bonchev–Trinajstić information content (AvgIpc) is 3.01. The molecule has 3 aromatic carbocycles. The maximum atomic E-state index is 14.3. The largest absolute Gasteiger partial charge is 0.508 e. The van der Waals surface area contributed by atoms with Crippen molar-refractivity contribution < 1.29 is 49.4 Å². The molecule has 0 bridgehead atoms. The number of hydrogen-bond donors (Lipinski definition) is 6. The summed E-state index contributed by atoms with van der Waals surface area (Å²) in [6, 6.07) is 10.8. The van der Waals surface area contributed by atoms with Crippen LogP contribution < -0.4 is 20.9 Å². The fourth-order valence-corrected chi connectivity index (χ4v) is 6.27. The lowest BCUT2D eigenvalue weighted by Crippen LogP contribution is -2.49. The first-order valence-corrected chi connectivity index (χ1v) is 13.3. The molecule has 0 radical (unpaired) electrons. The third-order valence-corrected chi connectivity index (χ3v) is 8.41. The van der Waals surface area contributed by atoms with Crippen molar-refractivity contribution in [3.63, 3.8) is 0 Å². The van der Waals surface area contributed by atoms with Gasteiger partial charge < -0.3 is 30.3 Å². The monoisotopic (exact) mass is 594 g/mol. The maximum absolute atomic E-state index is 14.3. The van der Waals surface area contributed by atoms with Crippen molar-refractivity contribution in [3.8, 4) is 17.2 Å². The second-order valence-electron chi connectivity index (χ2n) is 10.6. The van der Waals surface area contributed by atoms with Crippen LogP contribution in [0.2, 0.25) is 0 Å². The summed E-state index contributed by atoms with van der Waals surface area (Å²) in [5.74, 6) is -6.07. The maximum Gasteiger partial charge on any atom is 0.281 e. The van der Waals surface area contributed by atoms with E-state index in [1.807, 2.05) is 0 Å². The molecule has 0 aromatic heterocycles. The zero-order valence-corrected chi connectivity index (χ0v) is 23.0. The third kappa shape index (κ3) is 3.28. The van der Waals surface area contributed by atoms with Gasteiger partial charge in [0, 0.05) is 38.9 Å². The lowest BCUT2D eigenvalue weighted by Gasteiger charge is -2.36. The lowest BCUT2D eigenvalue weighted by atomic mass is 9.70. The summed E-state index contributed by atoms with van der Waals surface area (Å²) in [4.78, 5) is 55.5. The normalized spacial score (nSPS) is 20.4. The van der Waals surface area contributed by atoms with Crippen LogP contribution in [-0.2, 0) is 9.53 Å². The summed E-state index contributed by atoms with van der Waals surface area (Å²) in [5, 5.41) is 56.2. The number of ketones is 3. The molecule has 0 saturated carbocycles. The zero-order chi connectivity index (χ0) is 31.4. The number of methoxy groups -OCH3 is 1. The summed E-state index contributed by atoms with van der Waals surface area (Å²) in [5.41, 5.74) is -0.101.